The lowest BCUT2D eigenvalue weighted by Crippen LogP contribution is -2.53. The van der Waals surface area contributed by atoms with Crippen molar-refractivity contribution < 1.29 is 24.5 Å². The van der Waals surface area contributed by atoms with E-state index < -0.39 is 5.72 Å². The Hall–Kier alpha value is -1.47. The lowest BCUT2D eigenvalue weighted by Gasteiger charge is -2.29. The molecule has 6 nitrogen and oxygen atoms in total. The molecule has 1 aromatic rings. The smallest absolute Gasteiger partial charge is 0.222 e. The Kier molecular flexibility index (Phi) is 14.4. The van der Waals surface area contributed by atoms with Crippen LogP contribution in [-0.4, -0.2) is 54.9 Å². The van der Waals surface area contributed by atoms with Crippen molar-refractivity contribution in [1.82, 2.24) is 5.32 Å². The van der Waals surface area contributed by atoms with Crippen LogP contribution in [0, 0.1) is 0 Å². The van der Waals surface area contributed by atoms with E-state index in [1.54, 1.807) is 0 Å². The number of rotatable bonds is 18. The van der Waals surface area contributed by atoms with Gasteiger partial charge in [-0.2, -0.15) is 0 Å². The van der Waals surface area contributed by atoms with Gasteiger partial charge in [0, 0.05) is 12.8 Å². The third-order valence-electron chi connectivity index (χ3n) is 4.67. The molecule has 0 saturated heterocycles. The summed E-state index contributed by atoms with van der Waals surface area (Å²) in [6.45, 7) is 3.01. The van der Waals surface area contributed by atoms with Gasteiger partial charge >= 0.3 is 0 Å². The number of ether oxygens (including phenoxy) is 2. The molecule has 1 rings (SSSR count). The second kappa shape index (κ2) is 16.3. The van der Waals surface area contributed by atoms with E-state index in [-0.39, 0.29) is 38.8 Å². The Balaban J connectivity index is 2.42. The molecular formula is C23H39NO5. The quantitative estimate of drug-likeness (QED) is 0.256. The summed E-state index contributed by atoms with van der Waals surface area (Å²) in [5, 5.41) is 22.5. The molecule has 166 valence electrons. The molecule has 0 saturated carbocycles. The molecule has 6 heteroatoms. The third kappa shape index (κ3) is 13.4. The van der Waals surface area contributed by atoms with Gasteiger partial charge in [-0.05, 0) is 12.0 Å². The van der Waals surface area contributed by atoms with Gasteiger partial charge in [-0.1, -0.05) is 75.8 Å². The topological polar surface area (TPSA) is 88.0 Å². The minimum absolute atomic E-state index is 0.0207. The number of hydrogen-bond acceptors (Lipinski definition) is 5. The summed E-state index contributed by atoms with van der Waals surface area (Å²) < 4.78 is 10.7. The van der Waals surface area contributed by atoms with E-state index in [1.807, 2.05) is 30.3 Å². The van der Waals surface area contributed by atoms with Gasteiger partial charge in [-0.25, -0.2) is 0 Å². The van der Waals surface area contributed by atoms with Crippen LogP contribution in [0.15, 0.2) is 30.3 Å². The van der Waals surface area contributed by atoms with Crippen molar-refractivity contribution >= 4 is 5.91 Å². The number of benzene rings is 1. The monoisotopic (exact) mass is 409 g/mol. The molecule has 0 radical (unpaired) electrons. The first kappa shape index (κ1) is 25.6. The second-order valence-electron chi connectivity index (χ2n) is 7.50. The summed E-state index contributed by atoms with van der Waals surface area (Å²) in [5.41, 5.74) is -0.539. The van der Waals surface area contributed by atoms with Crippen molar-refractivity contribution in [2.24, 2.45) is 0 Å². The highest BCUT2D eigenvalue weighted by molar-refractivity contribution is 5.76. The fraction of sp³-hybridized carbons (Fsp3) is 0.696. The first-order chi connectivity index (χ1) is 14.1. The minimum Gasteiger partial charge on any atom is -0.394 e. The van der Waals surface area contributed by atoms with E-state index in [0.29, 0.717) is 13.0 Å². The summed E-state index contributed by atoms with van der Waals surface area (Å²) in [7, 11) is 0. The lowest BCUT2D eigenvalue weighted by molar-refractivity contribution is -0.135. The third-order valence-corrected chi connectivity index (χ3v) is 4.67. The zero-order valence-electron chi connectivity index (χ0n) is 17.9. The maximum atomic E-state index is 12.4. The van der Waals surface area contributed by atoms with Gasteiger partial charge in [0.25, 0.3) is 0 Å². The molecule has 0 aliphatic heterocycles. The fourth-order valence-corrected chi connectivity index (χ4v) is 3.16. The van der Waals surface area contributed by atoms with Crippen molar-refractivity contribution in [2.45, 2.75) is 70.4 Å². The van der Waals surface area contributed by atoms with E-state index in [9.17, 15) is 9.90 Å². The van der Waals surface area contributed by atoms with Crippen LogP contribution in [0.2, 0.25) is 0 Å². The number of carbonyl (C=O) groups is 1. The second-order valence-corrected chi connectivity index (χ2v) is 7.50. The van der Waals surface area contributed by atoms with E-state index in [4.69, 9.17) is 14.6 Å². The van der Waals surface area contributed by atoms with E-state index >= 15 is 0 Å². The van der Waals surface area contributed by atoms with Crippen LogP contribution in [0.3, 0.4) is 0 Å². The molecule has 0 fully saturated rings. The fourth-order valence-electron chi connectivity index (χ4n) is 3.16. The predicted octanol–water partition coefficient (Wildman–Crippen LogP) is 3.20. The Labute approximate surface area is 175 Å². The molecule has 1 atom stereocenters. The number of carbonyl (C=O) groups excluding carboxylic acids is 1. The minimum atomic E-state index is -1.46. The lowest BCUT2D eigenvalue weighted by atomic mass is 10.0. The molecule has 0 aliphatic carbocycles. The van der Waals surface area contributed by atoms with Crippen LogP contribution in [0.1, 0.15) is 63.9 Å². The van der Waals surface area contributed by atoms with Gasteiger partial charge in [-0.3, -0.25) is 4.79 Å². The van der Waals surface area contributed by atoms with Crippen LogP contribution in [0.4, 0.5) is 0 Å². The predicted molar refractivity (Wildman–Crippen MR) is 115 cm³/mol. The van der Waals surface area contributed by atoms with Gasteiger partial charge in [0.15, 0.2) is 5.72 Å². The molecule has 0 aromatic heterocycles. The van der Waals surface area contributed by atoms with Crippen molar-refractivity contribution in [3.05, 3.63) is 35.9 Å². The Morgan fingerprint density at radius 1 is 0.966 bits per heavy atom. The highest BCUT2D eigenvalue weighted by Gasteiger charge is 2.29. The van der Waals surface area contributed by atoms with E-state index in [1.165, 1.54) is 25.7 Å². The summed E-state index contributed by atoms with van der Waals surface area (Å²) in [4.78, 5) is 12.4. The number of aliphatic hydroxyl groups is 2. The SMILES string of the molecule is CCCCCCCCCC(=O)NC(O)(COCCOCCO)Cc1ccccc1. The molecule has 3 N–H and O–H groups in total. The highest BCUT2D eigenvalue weighted by Crippen LogP contribution is 2.14. The summed E-state index contributed by atoms with van der Waals surface area (Å²) in [6, 6.07) is 9.55. The molecule has 0 aliphatic rings. The number of aliphatic hydroxyl groups excluding tert-OH is 1. The number of amides is 1. The summed E-state index contributed by atoms with van der Waals surface area (Å²) >= 11 is 0. The molecule has 0 bridgehead atoms. The average molecular weight is 410 g/mol. The van der Waals surface area contributed by atoms with Gasteiger partial charge in [-0.15, -0.1) is 0 Å². The van der Waals surface area contributed by atoms with Crippen molar-refractivity contribution in [3.8, 4) is 0 Å². The molecule has 1 amide bonds. The van der Waals surface area contributed by atoms with Crippen LogP contribution in [0.25, 0.3) is 0 Å². The van der Waals surface area contributed by atoms with Gasteiger partial charge in [0.1, 0.15) is 0 Å². The average Bonchev–Trinajstić information content (AvgIpc) is 2.70. The molecule has 0 spiro atoms. The van der Waals surface area contributed by atoms with Crippen molar-refractivity contribution in [1.29, 1.82) is 0 Å². The zero-order chi connectivity index (χ0) is 21.2. The zero-order valence-corrected chi connectivity index (χ0v) is 17.9. The molecule has 29 heavy (non-hydrogen) atoms. The van der Waals surface area contributed by atoms with E-state index in [2.05, 4.69) is 12.2 Å². The van der Waals surface area contributed by atoms with Crippen LogP contribution < -0.4 is 5.32 Å². The van der Waals surface area contributed by atoms with E-state index in [0.717, 1.165) is 24.8 Å². The van der Waals surface area contributed by atoms with Crippen LogP contribution in [-0.2, 0) is 20.7 Å². The Morgan fingerprint density at radius 2 is 1.62 bits per heavy atom. The Bertz CT molecular complexity index is 525. The van der Waals surface area contributed by atoms with Gasteiger partial charge < -0.3 is 25.0 Å². The number of hydrogen-bond donors (Lipinski definition) is 3. The number of unbranched alkanes of at least 4 members (excludes halogenated alkanes) is 6. The van der Waals surface area contributed by atoms with Gasteiger partial charge in [0.05, 0.1) is 33.0 Å². The van der Waals surface area contributed by atoms with Crippen LogP contribution >= 0.6 is 0 Å². The first-order valence-electron chi connectivity index (χ1n) is 10.9. The molecule has 0 heterocycles. The largest absolute Gasteiger partial charge is 0.394 e. The maximum Gasteiger partial charge on any atom is 0.222 e. The molecular weight excluding hydrogens is 370 g/mol. The standard InChI is InChI=1S/C23H39NO5/c1-2-3-4-5-6-7-11-14-22(26)24-23(27,19-21-12-9-8-10-13-21)20-29-18-17-28-16-15-25/h8-10,12-13,25,27H,2-7,11,14-20H2,1H3,(H,24,26). The maximum absolute atomic E-state index is 12.4. The van der Waals surface area contributed by atoms with Crippen molar-refractivity contribution in [3.63, 3.8) is 0 Å². The first-order valence-corrected chi connectivity index (χ1v) is 10.9. The normalized spacial score (nSPS) is 13.2. The highest BCUT2D eigenvalue weighted by atomic mass is 16.5. The summed E-state index contributed by atoms with van der Waals surface area (Å²) in [5.74, 6) is -0.155. The molecule has 1 unspecified atom stereocenters. The van der Waals surface area contributed by atoms with Crippen LogP contribution in [0.5, 0.6) is 0 Å². The molecule has 1 aromatic carbocycles. The Morgan fingerprint density at radius 3 is 2.31 bits per heavy atom. The van der Waals surface area contributed by atoms with Gasteiger partial charge in [0.2, 0.25) is 5.91 Å². The van der Waals surface area contributed by atoms with Crippen molar-refractivity contribution in [2.75, 3.05) is 33.0 Å². The summed E-state index contributed by atoms with van der Waals surface area (Å²) in [6.07, 6.45) is 8.69. The number of nitrogens with one attached hydrogen (secondary N) is 1.